The Balaban J connectivity index is 1.26. The van der Waals surface area contributed by atoms with Crippen molar-refractivity contribution in [2.24, 2.45) is 5.73 Å². The summed E-state index contributed by atoms with van der Waals surface area (Å²) in [6.45, 7) is 2.51. The average Bonchev–Trinajstić information content (AvgIpc) is 2.86. The number of hydrogen-bond acceptors (Lipinski definition) is 7. The van der Waals surface area contributed by atoms with E-state index in [1.54, 1.807) is 29.2 Å². The summed E-state index contributed by atoms with van der Waals surface area (Å²) in [5.41, 5.74) is 5.67. The lowest BCUT2D eigenvalue weighted by molar-refractivity contribution is -0.143. The molecule has 1 saturated heterocycles. The van der Waals surface area contributed by atoms with Crippen molar-refractivity contribution in [3.63, 3.8) is 0 Å². The zero-order chi connectivity index (χ0) is 23.7. The Morgan fingerprint density at radius 1 is 1.00 bits per heavy atom. The first kappa shape index (κ1) is 21.9. The summed E-state index contributed by atoms with van der Waals surface area (Å²) in [5, 5.41) is 0.444. The molecule has 34 heavy (non-hydrogen) atoms. The minimum atomic E-state index is -0.677. The average molecular weight is 463 g/mol. The van der Waals surface area contributed by atoms with E-state index in [4.69, 9.17) is 15.2 Å². The lowest BCUT2D eigenvalue weighted by atomic mass is 10.2. The van der Waals surface area contributed by atoms with Gasteiger partial charge < -0.3 is 20.1 Å². The van der Waals surface area contributed by atoms with Crippen LogP contribution < -0.4 is 20.8 Å². The molecule has 1 atom stereocenters. The first-order valence-corrected chi connectivity index (χ1v) is 11.2. The van der Waals surface area contributed by atoms with Gasteiger partial charge in [-0.15, -0.1) is 0 Å². The summed E-state index contributed by atoms with van der Waals surface area (Å²) in [5.74, 6) is 0.973. The van der Waals surface area contributed by atoms with E-state index < -0.39 is 12.0 Å². The van der Waals surface area contributed by atoms with Gasteiger partial charge >= 0.3 is 0 Å². The van der Waals surface area contributed by atoms with Gasteiger partial charge in [0, 0.05) is 26.2 Å². The second-order valence-corrected chi connectivity index (χ2v) is 8.37. The van der Waals surface area contributed by atoms with E-state index in [0.717, 1.165) is 0 Å². The van der Waals surface area contributed by atoms with E-state index >= 15 is 0 Å². The Labute approximate surface area is 195 Å². The molecule has 1 fully saturated rings. The number of hydrogen-bond donors (Lipinski definition) is 1. The van der Waals surface area contributed by atoms with Crippen molar-refractivity contribution in [3.05, 3.63) is 64.7 Å². The highest BCUT2D eigenvalue weighted by Gasteiger charge is 2.33. The molecule has 0 aliphatic carbocycles. The van der Waals surface area contributed by atoms with Crippen LogP contribution in [0, 0.1) is 0 Å². The molecule has 0 bridgehead atoms. The molecule has 1 unspecified atom stereocenters. The number of benzene rings is 2. The van der Waals surface area contributed by atoms with Crippen LogP contribution in [-0.2, 0) is 22.7 Å². The number of carbonyl (C=O) groups is 2. The molecule has 0 spiro atoms. The van der Waals surface area contributed by atoms with Crippen molar-refractivity contribution in [2.75, 3.05) is 32.8 Å². The van der Waals surface area contributed by atoms with E-state index in [-0.39, 0.29) is 24.6 Å². The van der Waals surface area contributed by atoms with Gasteiger partial charge in [-0.05, 0) is 24.3 Å². The number of amides is 2. The van der Waals surface area contributed by atoms with Crippen LogP contribution in [0.15, 0.2) is 53.3 Å². The van der Waals surface area contributed by atoms with Crippen LogP contribution in [0.5, 0.6) is 11.5 Å². The molecule has 176 valence electrons. The second-order valence-electron chi connectivity index (χ2n) is 8.37. The molecule has 0 radical (unpaired) electrons. The molecule has 2 aromatic carbocycles. The monoisotopic (exact) mass is 463 g/mol. The normalized spacial score (nSPS) is 18.1. The van der Waals surface area contributed by atoms with Crippen LogP contribution in [-0.4, -0.2) is 70.1 Å². The third-order valence-electron chi connectivity index (χ3n) is 6.09. The summed E-state index contributed by atoms with van der Waals surface area (Å²) < 4.78 is 12.9. The Morgan fingerprint density at radius 3 is 2.47 bits per heavy atom. The molecule has 5 rings (SSSR count). The zero-order valence-electron chi connectivity index (χ0n) is 18.6. The number of piperazine rings is 1. The molecule has 2 N–H and O–H groups in total. The number of primary amides is 1. The van der Waals surface area contributed by atoms with Gasteiger partial charge in [0.05, 0.1) is 17.4 Å². The fourth-order valence-corrected chi connectivity index (χ4v) is 4.32. The second kappa shape index (κ2) is 9.14. The lowest BCUT2D eigenvalue weighted by Gasteiger charge is -2.37. The molecule has 0 saturated carbocycles. The molecule has 10 heteroatoms. The standard InChI is InChI=1S/C24H25N5O5/c25-21(30)13-29-22(26-17-6-2-1-5-16(17)23(29)31)14-27-9-11-28(12-10-27)24(32)20-15-33-18-7-3-4-8-19(18)34-20/h1-8,20H,9-15H2,(H2,25,30). The van der Waals surface area contributed by atoms with E-state index in [2.05, 4.69) is 9.88 Å². The van der Waals surface area contributed by atoms with Crippen LogP contribution in [0.1, 0.15) is 5.82 Å². The Hall–Kier alpha value is -3.92. The minimum Gasteiger partial charge on any atom is -0.485 e. The molecule has 10 nitrogen and oxygen atoms in total. The summed E-state index contributed by atoms with van der Waals surface area (Å²) in [6.07, 6.45) is -0.677. The fraction of sp³-hybridized carbons (Fsp3) is 0.333. The minimum absolute atomic E-state index is 0.108. The number of ether oxygens (including phenoxy) is 2. The summed E-state index contributed by atoms with van der Waals surface area (Å²) in [7, 11) is 0. The molecular formula is C24H25N5O5. The third-order valence-corrected chi connectivity index (χ3v) is 6.09. The van der Waals surface area contributed by atoms with Crippen LogP contribution >= 0.6 is 0 Å². The van der Waals surface area contributed by atoms with Crippen LogP contribution in [0.3, 0.4) is 0 Å². The highest BCUT2D eigenvalue weighted by molar-refractivity contribution is 5.82. The van der Waals surface area contributed by atoms with Gasteiger partial charge in [0.15, 0.2) is 11.5 Å². The summed E-state index contributed by atoms with van der Waals surface area (Å²) in [6, 6.07) is 14.3. The number of aromatic nitrogens is 2. The first-order valence-electron chi connectivity index (χ1n) is 11.2. The first-order chi connectivity index (χ1) is 16.5. The van der Waals surface area contributed by atoms with Crippen molar-refractivity contribution in [1.82, 2.24) is 19.4 Å². The van der Waals surface area contributed by atoms with Gasteiger partial charge in [-0.1, -0.05) is 24.3 Å². The molecule has 2 aliphatic rings. The topological polar surface area (TPSA) is 120 Å². The Bertz CT molecular complexity index is 1300. The summed E-state index contributed by atoms with van der Waals surface area (Å²) >= 11 is 0. The maximum atomic E-state index is 13.0. The van der Waals surface area contributed by atoms with Gasteiger partial charge in [0.25, 0.3) is 11.5 Å². The van der Waals surface area contributed by atoms with Gasteiger partial charge in [-0.25, -0.2) is 4.98 Å². The highest BCUT2D eigenvalue weighted by atomic mass is 16.6. The molecule has 2 amide bonds. The highest BCUT2D eigenvalue weighted by Crippen LogP contribution is 2.31. The molecule has 1 aromatic heterocycles. The number of fused-ring (bicyclic) bond motifs is 2. The number of nitrogens with two attached hydrogens (primary N) is 1. The largest absolute Gasteiger partial charge is 0.485 e. The molecule has 3 heterocycles. The quantitative estimate of drug-likeness (QED) is 0.580. The van der Waals surface area contributed by atoms with Crippen LogP contribution in [0.4, 0.5) is 0 Å². The van der Waals surface area contributed by atoms with Gasteiger partial charge in [-0.3, -0.25) is 23.9 Å². The van der Waals surface area contributed by atoms with Crippen molar-refractivity contribution >= 4 is 22.7 Å². The van der Waals surface area contributed by atoms with E-state index in [9.17, 15) is 14.4 Å². The maximum absolute atomic E-state index is 13.0. The Kier molecular flexibility index (Phi) is 5.89. The lowest BCUT2D eigenvalue weighted by Crippen LogP contribution is -2.54. The molecule has 3 aromatic rings. The molecular weight excluding hydrogens is 438 g/mol. The van der Waals surface area contributed by atoms with E-state index in [1.165, 1.54) is 4.57 Å². The van der Waals surface area contributed by atoms with Crippen LogP contribution in [0.2, 0.25) is 0 Å². The zero-order valence-corrected chi connectivity index (χ0v) is 18.6. The number of carbonyl (C=O) groups excluding carboxylic acids is 2. The fourth-order valence-electron chi connectivity index (χ4n) is 4.32. The van der Waals surface area contributed by atoms with Gasteiger partial charge in [0.2, 0.25) is 12.0 Å². The number of para-hydroxylation sites is 3. The predicted molar refractivity (Wildman–Crippen MR) is 123 cm³/mol. The van der Waals surface area contributed by atoms with Crippen LogP contribution in [0.25, 0.3) is 10.9 Å². The number of nitrogens with zero attached hydrogens (tertiary/aromatic N) is 4. The molecule has 2 aliphatic heterocycles. The Morgan fingerprint density at radius 2 is 1.71 bits per heavy atom. The third kappa shape index (κ3) is 4.32. The van der Waals surface area contributed by atoms with Gasteiger partial charge in [-0.2, -0.15) is 0 Å². The van der Waals surface area contributed by atoms with Crippen molar-refractivity contribution in [2.45, 2.75) is 19.2 Å². The van der Waals surface area contributed by atoms with Crippen molar-refractivity contribution in [3.8, 4) is 11.5 Å². The number of rotatable bonds is 5. The maximum Gasteiger partial charge on any atom is 0.267 e. The summed E-state index contributed by atoms with van der Waals surface area (Å²) in [4.78, 5) is 46.0. The SMILES string of the molecule is NC(=O)Cn1c(CN2CCN(C(=O)C3COc4ccccc4O3)CC2)nc2ccccc2c1=O. The van der Waals surface area contributed by atoms with E-state index in [0.29, 0.717) is 61.0 Å². The van der Waals surface area contributed by atoms with Crippen molar-refractivity contribution in [1.29, 1.82) is 0 Å². The predicted octanol–water partition coefficient (Wildman–Crippen LogP) is 0.366. The van der Waals surface area contributed by atoms with E-state index in [1.807, 2.05) is 24.3 Å². The smallest absolute Gasteiger partial charge is 0.267 e. The van der Waals surface area contributed by atoms with Crippen molar-refractivity contribution < 1.29 is 19.1 Å². The van der Waals surface area contributed by atoms with Gasteiger partial charge in [0.1, 0.15) is 19.0 Å².